The number of hydrogen-bond donors (Lipinski definition) is 0. The number of morpholine rings is 1. The number of nitrogens with zero attached hydrogens (tertiary/aromatic N) is 3. The highest BCUT2D eigenvalue weighted by atomic mass is 19.1. The summed E-state index contributed by atoms with van der Waals surface area (Å²) in [6.45, 7) is 7.33. The molecule has 9 nitrogen and oxygen atoms in total. The van der Waals surface area contributed by atoms with Crippen LogP contribution in [-0.4, -0.2) is 69.4 Å². The van der Waals surface area contributed by atoms with Crippen LogP contribution in [0.4, 0.5) is 20.6 Å². The predicted molar refractivity (Wildman–Crippen MR) is 186 cm³/mol. The van der Waals surface area contributed by atoms with Gasteiger partial charge in [0.15, 0.2) is 0 Å². The monoisotopic (exact) mass is 667 g/mol. The summed E-state index contributed by atoms with van der Waals surface area (Å²) in [7, 11) is 1.67. The molecule has 2 fully saturated rings. The Hall–Kier alpha value is -5.09. The topological polar surface area (TPSA) is 80.8 Å². The van der Waals surface area contributed by atoms with Crippen molar-refractivity contribution in [2.24, 2.45) is 0 Å². The average Bonchev–Trinajstić information content (AvgIpc) is 3.49. The molecule has 6 rings (SSSR count). The number of ether oxygens (including phenoxy) is 4. The van der Waals surface area contributed by atoms with Crippen molar-refractivity contribution in [3.8, 4) is 11.5 Å². The fraction of sp³-hybridized carbons (Fsp3) is 0.333. The van der Waals surface area contributed by atoms with E-state index in [1.54, 1.807) is 25.2 Å². The maximum absolute atomic E-state index is 15.1. The molecule has 0 N–H and O–H groups in total. The van der Waals surface area contributed by atoms with Gasteiger partial charge < -0.3 is 28.7 Å². The maximum Gasteiger partial charge on any atom is 0.414 e. The Bertz CT molecular complexity index is 1750. The first-order chi connectivity index (χ1) is 23.8. The summed E-state index contributed by atoms with van der Waals surface area (Å²) < 4.78 is 38.7. The average molecular weight is 668 g/mol. The van der Waals surface area contributed by atoms with E-state index in [1.165, 1.54) is 15.9 Å². The van der Waals surface area contributed by atoms with E-state index in [2.05, 4.69) is 13.8 Å². The summed E-state index contributed by atoms with van der Waals surface area (Å²) in [5.41, 5.74) is 4.13. The minimum atomic E-state index is -0.616. The van der Waals surface area contributed by atoms with Crippen LogP contribution in [0.1, 0.15) is 46.8 Å². The van der Waals surface area contributed by atoms with Crippen molar-refractivity contribution in [3.05, 3.63) is 119 Å². The molecule has 4 aromatic rings. The van der Waals surface area contributed by atoms with Gasteiger partial charge in [0.25, 0.3) is 5.91 Å². The molecule has 0 saturated carbocycles. The lowest BCUT2D eigenvalue weighted by Gasteiger charge is -2.29. The van der Waals surface area contributed by atoms with E-state index in [1.807, 2.05) is 71.6 Å². The van der Waals surface area contributed by atoms with Gasteiger partial charge in [-0.2, -0.15) is 0 Å². The Labute approximate surface area is 286 Å². The number of anilines is 2. The van der Waals surface area contributed by atoms with E-state index < -0.39 is 18.0 Å². The van der Waals surface area contributed by atoms with Crippen LogP contribution >= 0.6 is 0 Å². The maximum atomic E-state index is 15.1. The zero-order valence-corrected chi connectivity index (χ0v) is 28.1. The fourth-order valence-corrected chi connectivity index (χ4v) is 6.06. The molecule has 256 valence electrons. The van der Waals surface area contributed by atoms with Crippen molar-refractivity contribution in [2.75, 3.05) is 56.2 Å². The minimum absolute atomic E-state index is 0.0604. The summed E-state index contributed by atoms with van der Waals surface area (Å²) in [6, 6.07) is 28.0. The first kappa shape index (κ1) is 33.8. The van der Waals surface area contributed by atoms with Gasteiger partial charge in [0, 0.05) is 26.2 Å². The highest BCUT2D eigenvalue weighted by Gasteiger charge is 2.35. The van der Waals surface area contributed by atoms with Gasteiger partial charge in [-0.1, -0.05) is 74.5 Å². The van der Waals surface area contributed by atoms with Crippen molar-refractivity contribution in [1.29, 1.82) is 0 Å². The normalized spacial score (nSPS) is 16.1. The van der Waals surface area contributed by atoms with E-state index in [-0.39, 0.29) is 31.5 Å². The van der Waals surface area contributed by atoms with Crippen LogP contribution in [0.2, 0.25) is 0 Å². The molecule has 0 unspecified atom stereocenters. The van der Waals surface area contributed by atoms with E-state index in [0.717, 1.165) is 16.7 Å². The Morgan fingerprint density at radius 1 is 0.898 bits per heavy atom. The lowest BCUT2D eigenvalue weighted by atomic mass is 9.98. The largest absolute Gasteiger partial charge is 0.488 e. The van der Waals surface area contributed by atoms with E-state index in [4.69, 9.17) is 18.9 Å². The molecule has 2 amide bonds. The molecular weight excluding hydrogens is 625 g/mol. The van der Waals surface area contributed by atoms with Crippen LogP contribution in [0.5, 0.6) is 11.5 Å². The van der Waals surface area contributed by atoms with Crippen LogP contribution in [0, 0.1) is 5.82 Å². The number of amides is 2. The Morgan fingerprint density at radius 3 is 2.14 bits per heavy atom. The van der Waals surface area contributed by atoms with Crippen molar-refractivity contribution in [1.82, 2.24) is 4.90 Å². The molecule has 0 spiro atoms. The Morgan fingerprint density at radius 2 is 1.53 bits per heavy atom. The van der Waals surface area contributed by atoms with Crippen LogP contribution < -0.4 is 19.3 Å². The third-order valence-corrected chi connectivity index (χ3v) is 8.73. The van der Waals surface area contributed by atoms with Crippen LogP contribution in [0.15, 0.2) is 91.0 Å². The van der Waals surface area contributed by atoms with Gasteiger partial charge >= 0.3 is 6.09 Å². The van der Waals surface area contributed by atoms with Crippen molar-refractivity contribution < 1.29 is 32.9 Å². The van der Waals surface area contributed by atoms with Crippen LogP contribution in [-0.2, 0) is 22.7 Å². The number of halogens is 1. The number of benzene rings is 4. The predicted octanol–water partition coefficient (Wildman–Crippen LogP) is 7.04. The zero-order valence-electron chi connectivity index (χ0n) is 28.1. The smallest absolute Gasteiger partial charge is 0.414 e. The Kier molecular flexibility index (Phi) is 10.6. The van der Waals surface area contributed by atoms with Gasteiger partial charge in [-0.15, -0.1) is 0 Å². The molecule has 0 bridgehead atoms. The quantitative estimate of drug-likeness (QED) is 0.160. The first-order valence-electron chi connectivity index (χ1n) is 16.6. The molecule has 49 heavy (non-hydrogen) atoms. The number of hydrogen-bond acceptors (Lipinski definition) is 7. The molecule has 4 aromatic carbocycles. The third kappa shape index (κ3) is 8.14. The summed E-state index contributed by atoms with van der Waals surface area (Å²) in [6.07, 6.45) is -1.20. The fourth-order valence-electron chi connectivity index (χ4n) is 6.06. The second kappa shape index (κ2) is 15.4. The van der Waals surface area contributed by atoms with Gasteiger partial charge in [0.2, 0.25) is 0 Å². The van der Waals surface area contributed by atoms with Crippen LogP contribution in [0.3, 0.4) is 0 Å². The number of carbonyl (C=O) groups excluding carboxylic acids is 2. The van der Waals surface area contributed by atoms with Crippen LogP contribution in [0.25, 0.3) is 0 Å². The molecule has 2 saturated heterocycles. The van der Waals surface area contributed by atoms with E-state index in [0.29, 0.717) is 61.3 Å². The molecule has 10 heteroatoms. The zero-order chi connectivity index (χ0) is 34.3. The third-order valence-electron chi connectivity index (χ3n) is 8.73. The molecule has 2 heterocycles. The lowest BCUT2D eigenvalue weighted by molar-refractivity contribution is 0.0690. The van der Waals surface area contributed by atoms with Gasteiger partial charge in [0.05, 0.1) is 43.2 Å². The molecule has 2 aliphatic rings. The molecule has 0 aromatic heterocycles. The van der Waals surface area contributed by atoms with Crippen molar-refractivity contribution >= 4 is 23.4 Å². The second-order valence-corrected chi connectivity index (χ2v) is 12.6. The summed E-state index contributed by atoms with van der Waals surface area (Å²) in [5, 5.41) is 0. The number of likely N-dealkylation sites (N-methyl/N-ethyl adjacent to an activating group) is 1. The molecule has 0 aliphatic carbocycles. The first-order valence-corrected chi connectivity index (χ1v) is 16.6. The van der Waals surface area contributed by atoms with Gasteiger partial charge in [-0.25, -0.2) is 9.18 Å². The Balaban J connectivity index is 1.19. The minimum Gasteiger partial charge on any atom is -0.488 e. The van der Waals surface area contributed by atoms with Crippen molar-refractivity contribution in [3.63, 3.8) is 0 Å². The van der Waals surface area contributed by atoms with Gasteiger partial charge in [-0.3, -0.25) is 9.69 Å². The number of rotatable bonds is 12. The van der Waals surface area contributed by atoms with Gasteiger partial charge in [-0.05, 0) is 46.9 Å². The molecule has 0 radical (unpaired) electrons. The number of cyclic esters (lactones) is 1. The highest BCUT2D eigenvalue weighted by Crippen LogP contribution is 2.36. The molecular formula is C39H42FN3O6. The molecule has 2 aliphatic heterocycles. The lowest BCUT2D eigenvalue weighted by Crippen LogP contribution is -2.37. The highest BCUT2D eigenvalue weighted by molar-refractivity contribution is 5.97. The summed E-state index contributed by atoms with van der Waals surface area (Å²) >= 11 is 0. The standard InChI is InChI=1S/C39H42FN3O6/c1-27(2)32-21-33(37(48-26-29-12-8-5-9-13-29)22-36(32)47-25-28-10-6-4-7-11-28)38(44)41(3)23-31-24-43(39(45)49-31)30-14-15-35(34(40)20-30)42-16-18-46-19-17-42/h4-15,20-22,27,31H,16-19,23-26H2,1-3H3/t31-/m0/s1. The van der Waals surface area contributed by atoms with Crippen molar-refractivity contribution in [2.45, 2.75) is 39.1 Å². The summed E-state index contributed by atoms with van der Waals surface area (Å²) in [4.78, 5) is 31.9. The van der Waals surface area contributed by atoms with E-state index in [9.17, 15) is 9.59 Å². The van der Waals surface area contributed by atoms with E-state index >= 15 is 4.39 Å². The van der Waals surface area contributed by atoms with Gasteiger partial charge in [0.1, 0.15) is 36.6 Å². The SMILES string of the molecule is CC(C)c1cc(C(=O)N(C)C[C@H]2CN(c3ccc(N4CCOCC4)c(F)c3)C(=O)O2)c(OCc2ccccc2)cc1OCc1ccccc1. The second-order valence-electron chi connectivity index (χ2n) is 12.6. The summed E-state index contributed by atoms with van der Waals surface area (Å²) in [5.74, 6) is 0.408. The molecule has 1 atom stereocenters. The number of carbonyl (C=O) groups is 2.